The van der Waals surface area contributed by atoms with Crippen LogP contribution in [0.1, 0.15) is 5.56 Å². The molecule has 0 aliphatic rings. The fourth-order valence-corrected chi connectivity index (χ4v) is 7.83. The van der Waals surface area contributed by atoms with Crippen molar-refractivity contribution in [1.29, 1.82) is 5.26 Å². The third-order valence-electron chi connectivity index (χ3n) is 10.6. The molecule has 0 radical (unpaired) electrons. The third-order valence-corrected chi connectivity index (χ3v) is 10.6. The Hall–Kier alpha value is -8.07. The van der Waals surface area contributed by atoms with E-state index in [1.165, 1.54) is 0 Å². The van der Waals surface area contributed by atoms with Crippen LogP contribution in [-0.4, -0.2) is 14.5 Å². The average molecular weight is 742 g/mol. The maximum Gasteiger partial charge on any atom is 0.160 e. The molecule has 10 rings (SSSR count). The third kappa shape index (κ3) is 6.45. The van der Waals surface area contributed by atoms with Crippen molar-refractivity contribution in [3.05, 3.63) is 218 Å². The summed E-state index contributed by atoms with van der Waals surface area (Å²) in [4.78, 5) is 12.3. The van der Waals surface area contributed by atoms with Gasteiger partial charge in [-0.2, -0.15) is 5.26 Å². The van der Waals surface area contributed by atoms with E-state index in [4.69, 9.17) is 9.97 Å². The monoisotopic (exact) mass is 741 g/mol. The number of nitriles is 1. The van der Waals surface area contributed by atoms with Crippen molar-refractivity contribution in [3.63, 3.8) is 0 Å². The van der Waals surface area contributed by atoms with Gasteiger partial charge in [-0.15, -0.1) is 0 Å². The number of benzene rings is 8. The van der Waals surface area contributed by atoms with Crippen LogP contribution >= 0.6 is 0 Å². The summed E-state index contributed by atoms with van der Waals surface area (Å²) in [5.74, 6) is 0.686. The maximum absolute atomic E-state index is 9.95. The first-order valence-electron chi connectivity index (χ1n) is 19.3. The van der Waals surface area contributed by atoms with Gasteiger partial charge in [0.15, 0.2) is 5.82 Å². The molecule has 0 amide bonds. The van der Waals surface area contributed by atoms with Gasteiger partial charge in [-0.3, -0.25) is 0 Å². The summed E-state index contributed by atoms with van der Waals surface area (Å²) in [7, 11) is 0. The molecule has 5 heteroatoms. The summed E-state index contributed by atoms with van der Waals surface area (Å²) in [6.45, 7) is 0. The van der Waals surface area contributed by atoms with Crippen LogP contribution in [0.4, 0.5) is 17.1 Å². The second kappa shape index (κ2) is 14.9. The number of nitrogens with zero attached hydrogens (tertiary/aromatic N) is 5. The van der Waals surface area contributed by atoms with E-state index >= 15 is 0 Å². The molecule has 0 atom stereocenters. The van der Waals surface area contributed by atoms with Gasteiger partial charge >= 0.3 is 0 Å². The summed E-state index contributed by atoms with van der Waals surface area (Å²) < 4.78 is 2.28. The minimum Gasteiger partial charge on any atom is -0.310 e. The summed E-state index contributed by atoms with van der Waals surface area (Å²) in [5, 5.41) is 12.1. The minimum atomic E-state index is 0.628. The molecule has 272 valence electrons. The van der Waals surface area contributed by atoms with Crippen LogP contribution in [0.15, 0.2) is 212 Å². The maximum atomic E-state index is 9.95. The Labute approximate surface area is 337 Å². The van der Waals surface area contributed by atoms with E-state index in [2.05, 4.69) is 155 Å². The van der Waals surface area contributed by atoms with Gasteiger partial charge in [0.1, 0.15) is 0 Å². The normalized spacial score (nSPS) is 11.1. The van der Waals surface area contributed by atoms with E-state index < -0.39 is 0 Å². The zero-order chi connectivity index (χ0) is 38.8. The molecule has 0 aliphatic heterocycles. The van der Waals surface area contributed by atoms with Crippen LogP contribution in [0, 0.1) is 11.3 Å². The van der Waals surface area contributed by atoms with Crippen LogP contribution in [0.3, 0.4) is 0 Å². The molecule has 0 bridgehead atoms. The highest BCUT2D eigenvalue weighted by Gasteiger charge is 2.17. The molecule has 0 unspecified atom stereocenters. The van der Waals surface area contributed by atoms with Gasteiger partial charge in [0.25, 0.3) is 0 Å². The highest BCUT2D eigenvalue weighted by Crippen LogP contribution is 2.39. The van der Waals surface area contributed by atoms with Crippen LogP contribution in [-0.2, 0) is 0 Å². The summed E-state index contributed by atoms with van der Waals surface area (Å²) in [5.41, 5.74) is 13.9. The molecular weight excluding hydrogens is 707 g/mol. The molecule has 0 aliphatic carbocycles. The van der Waals surface area contributed by atoms with Gasteiger partial charge in [0, 0.05) is 50.2 Å². The van der Waals surface area contributed by atoms with Crippen LogP contribution < -0.4 is 4.90 Å². The van der Waals surface area contributed by atoms with Gasteiger partial charge in [0.05, 0.1) is 34.1 Å². The molecule has 0 N–H and O–H groups in total. The summed E-state index contributed by atoms with van der Waals surface area (Å²) in [6, 6.07) is 75.6. The first kappa shape index (κ1) is 34.4. The van der Waals surface area contributed by atoms with Gasteiger partial charge in [-0.25, -0.2) is 9.97 Å². The van der Waals surface area contributed by atoms with Crippen molar-refractivity contribution in [2.24, 2.45) is 0 Å². The minimum absolute atomic E-state index is 0.628. The van der Waals surface area contributed by atoms with Crippen LogP contribution in [0.2, 0.25) is 0 Å². The SMILES string of the molecule is N#Cc1ccc2c(c1)c1cc(-c3cccc(N(c4ccccc4)c4ccccc4)c3)ccc1n2-c1ccc(-c2cc(-c3ccccc3)nc(-c3ccccc3)n2)cc1. The summed E-state index contributed by atoms with van der Waals surface area (Å²) in [6.07, 6.45) is 0. The van der Waals surface area contributed by atoms with E-state index in [0.29, 0.717) is 11.4 Å². The lowest BCUT2D eigenvalue weighted by Gasteiger charge is -2.26. The Morgan fingerprint density at radius 2 is 0.879 bits per heavy atom. The smallest absolute Gasteiger partial charge is 0.160 e. The molecule has 0 spiro atoms. The molecule has 5 nitrogen and oxygen atoms in total. The second-order valence-corrected chi connectivity index (χ2v) is 14.2. The van der Waals surface area contributed by atoms with Gasteiger partial charge in [-0.05, 0) is 96.1 Å². The predicted octanol–water partition coefficient (Wildman–Crippen LogP) is 13.6. The Bertz CT molecular complexity index is 3000. The first-order chi connectivity index (χ1) is 28.7. The number of rotatable bonds is 8. The number of fused-ring (bicyclic) bond motifs is 3. The van der Waals surface area contributed by atoms with Crippen molar-refractivity contribution >= 4 is 38.9 Å². The van der Waals surface area contributed by atoms with E-state index in [1.54, 1.807) is 0 Å². The molecule has 10 aromatic rings. The molecule has 0 saturated carbocycles. The first-order valence-corrected chi connectivity index (χ1v) is 19.3. The van der Waals surface area contributed by atoms with Crippen molar-refractivity contribution < 1.29 is 0 Å². The van der Waals surface area contributed by atoms with Crippen molar-refractivity contribution in [2.45, 2.75) is 0 Å². The molecule has 2 aromatic heterocycles. The zero-order valence-electron chi connectivity index (χ0n) is 31.4. The van der Waals surface area contributed by atoms with Crippen LogP contribution in [0.5, 0.6) is 0 Å². The lowest BCUT2D eigenvalue weighted by Crippen LogP contribution is -2.09. The summed E-state index contributed by atoms with van der Waals surface area (Å²) >= 11 is 0. The zero-order valence-corrected chi connectivity index (χ0v) is 31.4. The molecule has 58 heavy (non-hydrogen) atoms. The number of hydrogen-bond acceptors (Lipinski definition) is 4. The number of hydrogen-bond donors (Lipinski definition) is 0. The Morgan fingerprint density at radius 1 is 0.397 bits per heavy atom. The molecular formula is C53H35N5. The molecule has 2 heterocycles. The largest absolute Gasteiger partial charge is 0.310 e. The second-order valence-electron chi connectivity index (χ2n) is 14.2. The van der Waals surface area contributed by atoms with Gasteiger partial charge in [-0.1, -0.05) is 127 Å². The van der Waals surface area contributed by atoms with Gasteiger partial charge in [0.2, 0.25) is 0 Å². The highest BCUT2D eigenvalue weighted by molar-refractivity contribution is 6.11. The van der Waals surface area contributed by atoms with Gasteiger partial charge < -0.3 is 9.47 Å². The fraction of sp³-hybridized carbons (Fsp3) is 0. The van der Waals surface area contributed by atoms with E-state index in [9.17, 15) is 5.26 Å². The average Bonchev–Trinajstić information content (AvgIpc) is 3.63. The van der Waals surface area contributed by atoms with Crippen LogP contribution in [0.25, 0.3) is 72.5 Å². The standard InChI is InChI=1S/C53H35N5/c54-36-37-24-30-51-47(32-37)48-34-42(41-18-13-23-46(33-41)57(43-19-9-3-10-20-43)44-21-11-4-12-22-44)27-31-52(48)58(51)45-28-25-39(26-29-45)50-35-49(38-14-5-1-6-15-38)55-53(56-50)40-16-7-2-8-17-40/h1-35H. The van der Waals surface area contributed by atoms with E-state index in [1.807, 2.05) is 72.8 Å². The van der Waals surface area contributed by atoms with E-state index in [-0.39, 0.29) is 0 Å². The molecule has 0 saturated heterocycles. The lowest BCUT2D eigenvalue weighted by molar-refractivity contribution is 1.17. The fourth-order valence-electron chi connectivity index (χ4n) is 7.83. The quantitative estimate of drug-likeness (QED) is 0.156. The topological polar surface area (TPSA) is 57.7 Å². The number of para-hydroxylation sites is 2. The lowest BCUT2D eigenvalue weighted by atomic mass is 10.0. The van der Waals surface area contributed by atoms with Crippen molar-refractivity contribution in [2.75, 3.05) is 4.90 Å². The Kier molecular flexibility index (Phi) is 8.83. The van der Waals surface area contributed by atoms with Crippen molar-refractivity contribution in [3.8, 4) is 56.8 Å². The Balaban J connectivity index is 1.07. The number of anilines is 3. The Morgan fingerprint density at radius 3 is 1.50 bits per heavy atom. The number of aromatic nitrogens is 3. The highest BCUT2D eigenvalue weighted by atomic mass is 15.1. The van der Waals surface area contributed by atoms with Crippen molar-refractivity contribution in [1.82, 2.24) is 14.5 Å². The predicted molar refractivity (Wildman–Crippen MR) is 238 cm³/mol. The molecule has 8 aromatic carbocycles. The van der Waals surface area contributed by atoms with E-state index in [0.717, 1.165) is 83.8 Å². The molecule has 0 fully saturated rings.